The van der Waals surface area contributed by atoms with Gasteiger partial charge < -0.3 is 5.32 Å². The highest BCUT2D eigenvalue weighted by molar-refractivity contribution is 6.05. The smallest absolute Gasteiger partial charge is 0.255 e. The van der Waals surface area contributed by atoms with Gasteiger partial charge in [0.2, 0.25) is 0 Å². The zero-order valence-corrected chi connectivity index (χ0v) is 15.8. The molecule has 1 aromatic heterocycles. The fourth-order valence-electron chi connectivity index (χ4n) is 3.02. The van der Waals surface area contributed by atoms with Crippen molar-refractivity contribution in [3.63, 3.8) is 0 Å². The van der Waals surface area contributed by atoms with Crippen LogP contribution in [0.3, 0.4) is 0 Å². The highest BCUT2D eigenvalue weighted by atomic mass is 19.1. The number of aromatic nitrogens is 3. The van der Waals surface area contributed by atoms with Crippen molar-refractivity contribution in [1.82, 2.24) is 15.0 Å². The molecule has 3 aromatic carbocycles. The molecule has 0 fully saturated rings. The fraction of sp³-hybridized carbons (Fsp3) is 0.0870. The minimum atomic E-state index is -0.350. The third-order valence-corrected chi connectivity index (χ3v) is 4.49. The van der Waals surface area contributed by atoms with E-state index in [1.807, 2.05) is 49.4 Å². The Labute approximate surface area is 167 Å². The SMILES string of the molecule is CCn1nc(-c2ccccc2)c(-c2cccc(C(=O)Nc3ccc(F)cc3)c2)n1. The van der Waals surface area contributed by atoms with Crippen molar-refractivity contribution in [2.24, 2.45) is 0 Å². The van der Waals surface area contributed by atoms with Gasteiger partial charge in [-0.3, -0.25) is 4.79 Å². The summed E-state index contributed by atoms with van der Waals surface area (Å²) >= 11 is 0. The Balaban J connectivity index is 1.68. The molecular weight excluding hydrogens is 367 g/mol. The van der Waals surface area contributed by atoms with Gasteiger partial charge in [-0.1, -0.05) is 42.5 Å². The predicted molar refractivity (Wildman–Crippen MR) is 111 cm³/mol. The van der Waals surface area contributed by atoms with E-state index in [0.29, 0.717) is 17.8 Å². The van der Waals surface area contributed by atoms with Crippen molar-refractivity contribution in [3.8, 4) is 22.5 Å². The van der Waals surface area contributed by atoms with Crippen molar-refractivity contribution >= 4 is 11.6 Å². The van der Waals surface area contributed by atoms with E-state index in [4.69, 9.17) is 0 Å². The molecule has 0 radical (unpaired) electrons. The van der Waals surface area contributed by atoms with E-state index < -0.39 is 0 Å². The lowest BCUT2D eigenvalue weighted by Crippen LogP contribution is -2.11. The summed E-state index contributed by atoms with van der Waals surface area (Å²) in [5.74, 6) is -0.625. The van der Waals surface area contributed by atoms with Crippen LogP contribution in [0.1, 0.15) is 17.3 Å². The van der Waals surface area contributed by atoms with Gasteiger partial charge in [0.15, 0.2) is 0 Å². The summed E-state index contributed by atoms with van der Waals surface area (Å²) in [6, 6.07) is 22.7. The molecule has 0 saturated heterocycles. The van der Waals surface area contributed by atoms with Gasteiger partial charge in [0.05, 0.1) is 6.54 Å². The van der Waals surface area contributed by atoms with Gasteiger partial charge in [-0.15, -0.1) is 0 Å². The minimum absolute atomic E-state index is 0.275. The molecule has 0 unspecified atom stereocenters. The second kappa shape index (κ2) is 8.06. The Morgan fingerprint density at radius 1 is 0.897 bits per heavy atom. The number of halogens is 1. The molecule has 0 aliphatic heterocycles. The molecule has 29 heavy (non-hydrogen) atoms. The zero-order chi connectivity index (χ0) is 20.2. The van der Waals surface area contributed by atoms with Crippen LogP contribution in [0.4, 0.5) is 10.1 Å². The first-order valence-electron chi connectivity index (χ1n) is 9.32. The summed E-state index contributed by atoms with van der Waals surface area (Å²) in [6.45, 7) is 2.62. The van der Waals surface area contributed by atoms with Crippen LogP contribution < -0.4 is 5.32 Å². The van der Waals surface area contributed by atoms with Crippen molar-refractivity contribution in [2.45, 2.75) is 13.5 Å². The normalized spacial score (nSPS) is 10.7. The number of amides is 1. The van der Waals surface area contributed by atoms with Crippen molar-refractivity contribution in [2.75, 3.05) is 5.32 Å². The van der Waals surface area contributed by atoms with Crippen LogP contribution in [0.15, 0.2) is 78.9 Å². The van der Waals surface area contributed by atoms with Crippen LogP contribution in [0, 0.1) is 5.82 Å². The number of carbonyl (C=O) groups excluding carboxylic acids is 1. The lowest BCUT2D eigenvalue weighted by atomic mass is 10.0. The van der Waals surface area contributed by atoms with Gasteiger partial charge in [-0.05, 0) is 43.3 Å². The molecule has 5 nitrogen and oxygen atoms in total. The van der Waals surface area contributed by atoms with Crippen LogP contribution in [0.25, 0.3) is 22.5 Å². The number of nitrogens with one attached hydrogen (secondary N) is 1. The van der Waals surface area contributed by atoms with E-state index in [0.717, 1.165) is 22.5 Å². The molecule has 1 heterocycles. The number of benzene rings is 3. The minimum Gasteiger partial charge on any atom is -0.322 e. The molecule has 0 saturated carbocycles. The Bertz CT molecular complexity index is 1140. The van der Waals surface area contributed by atoms with E-state index in [2.05, 4.69) is 15.5 Å². The quantitative estimate of drug-likeness (QED) is 0.524. The third-order valence-electron chi connectivity index (χ3n) is 4.49. The number of aryl methyl sites for hydroxylation is 1. The highest BCUT2D eigenvalue weighted by Gasteiger charge is 2.16. The molecule has 6 heteroatoms. The molecule has 0 bridgehead atoms. The fourth-order valence-corrected chi connectivity index (χ4v) is 3.02. The Hall–Kier alpha value is -3.80. The molecule has 0 aliphatic rings. The molecule has 0 aliphatic carbocycles. The average molecular weight is 386 g/mol. The molecule has 1 N–H and O–H groups in total. The molecule has 4 aromatic rings. The van der Waals surface area contributed by atoms with E-state index in [9.17, 15) is 9.18 Å². The van der Waals surface area contributed by atoms with E-state index >= 15 is 0 Å². The Kier molecular flexibility index (Phi) is 5.16. The standard InChI is InChI=1S/C23H19FN4O/c1-2-28-26-21(16-7-4-3-5-8-16)22(27-28)17-9-6-10-18(15-17)23(29)25-20-13-11-19(24)12-14-20/h3-15H,2H2,1H3,(H,25,29). The van der Waals surface area contributed by atoms with Crippen LogP contribution in [0.5, 0.6) is 0 Å². The van der Waals surface area contributed by atoms with Crippen molar-refractivity contribution in [3.05, 3.63) is 90.2 Å². The number of anilines is 1. The van der Waals surface area contributed by atoms with Gasteiger partial charge in [0, 0.05) is 22.4 Å². The summed E-state index contributed by atoms with van der Waals surface area (Å²) in [7, 11) is 0. The molecule has 144 valence electrons. The summed E-state index contributed by atoms with van der Waals surface area (Å²) in [5, 5.41) is 12.0. The number of carbonyl (C=O) groups is 1. The number of rotatable bonds is 5. The van der Waals surface area contributed by atoms with Crippen LogP contribution in [0.2, 0.25) is 0 Å². The maximum atomic E-state index is 13.1. The highest BCUT2D eigenvalue weighted by Crippen LogP contribution is 2.29. The Morgan fingerprint density at radius 3 is 2.24 bits per heavy atom. The molecule has 0 atom stereocenters. The number of nitrogens with zero attached hydrogens (tertiary/aromatic N) is 3. The predicted octanol–water partition coefficient (Wildman–Crippen LogP) is 5.02. The number of hydrogen-bond acceptors (Lipinski definition) is 3. The largest absolute Gasteiger partial charge is 0.322 e. The van der Waals surface area contributed by atoms with E-state index in [-0.39, 0.29) is 11.7 Å². The average Bonchev–Trinajstić information content (AvgIpc) is 3.21. The molecular formula is C23H19FN4O. The van der Waals surface area contributed by atoms with Crippen molar-refractivity contribution in [1.29, 1.82) is 0 Å². The monoisotopic (exact) mass is 386 g/mol. The third kappa shape index (κ3) is 4.06. The van der Waals surface area contributed by atoms with Crippen LogP contribution in [-0.2, 0) is 6.54 Å². The van der Waals surface area contributed by atoms with Gasteiger partial charge in [0.25, 0.3) is 5.91 Å². The van der Waals surface area contributed by atoms with Crippen molar-refractivity contribution < 1.29 is 9.18 Å². The van der Waals surface area contributed by atoms with Gasteiger partial charge in [-0.25, -0.2) is 4.39 Å². The second-order valence-corrected chi connectivity index (χ2v) is 6.49. The van der Waals surface area contributed by atoms with Gasteiger partial charge >= 0.3 is 0 Å². The van der Waals surface area contributed by atoms with E-state index in [1.165, 1.54) is 24.3 Å². The zero-order valence-electron chi connectivity index (χ0n) is 15.8. The maximum absolute atomic E-state index is 13.1. The maximum Gasteiger partial charge on any atom is 0.255 e. The first kappa shape index (κ1) is 18.6. The van der Waals surface area contributed by atoms with Gasteiger partial charge in [-0.2, -0.15) is 15.0 Å². The van der Waals surface area contributed by atoms with Gasteiger partial charge in [0.1, 0.15) is 17.2 Å². The first-order valence-corrected chi connectivity index (χ1v) is 9.32. The summed E-state index contributed by atoms with van der Waals surface area (Å²) < 4.78 is 13.1. The topological polar surface area (TPSA) is 59.8 Å². The lowest BCUT2D eigenvalue weighted by molar-refractivity contribution is 0.102. The van der Waals surface area contributed by atoms with Crippen LogP contribution in [-0.4, -0.2) is 20.9 Å². The van der Waals surface area contributed by atoms with E-state index in [1.54, 1.807) is 16.9 Å². The lowest BCUT2D eigenvalue weighted by Gasteiger charge is -2.07. The molecule has 1 amide bonds. The number of hydrogen-bond donors (Lipinski definition) is 1. The summed E-state index contributed by atoms with van der Waals surface area (Å²) in [5.41, 5.74) is 4.26. The molecule has 4 rings (SSSR count). The molecule has 0 spiro atoms. The summed E-state index contributed by atoms with van der Waals surface area (Å²) in [4.78, 5) is 14.3. The Morgan fingerprint density at radius 2 is 1.55 bits per heavy atom. The second-order valence-electron chi connectivity index (χ2n) is 6.49. The summed E-state index contributed by atoms with van der Waals surface area (Å²) in [6.07, 6.45) is 0. The van der Waals surface area contributed by atoms with Crippen LogP contribution >= 0.6 is 0 Å². The first-order chi connectivity index (χ1) is 14.1.